The van der Waals surface area contributed by atoms with Crippen molar-refractivity contribution < 1.29 is 24.5 Å². The molecule has 1 unspecified atom stereocenters. The predicted octanol–water partition coefficient (Wildman–Crippen LogP) is -2.16. The number of aliphatic hydroxyl groups is 1. The maximum absolute atomic E-state index is 12.6. The van der Waals surface area contributed by atoms with E-state index in [4.69, 9.17) is 21.9 Å². The second kappa shape index (κ2) is 8.03. The maximum atomic E-state index is 12.6. The topological polar surface area (TPSA) is 230 Å². The SMILES string of the molecule is Nc1ncc(CC(N)C(=O)N[C@H]2[C@@H](O)[C@H](n3cnc4c(N)ncnc43)O[C@@H]2C(=O)O)s1. The number of carboxylic acid groups (broad SMARTS) is 1. The summed E-state index contributed by atoms with van der Waals surface area (Å²) in [7, 11) is 0. The molecule has 164 valence electrons. The molecule has 0 aliphatic carbocycles. The van der Waals surface area contributed by atoms with Crippen LogP contribution in [0.15, 0.2) is 18.9 Å². The summed E-state index contributed by atoms with van der Waals surface area (Å²) >= 11 is 1.19. The van der Waals surface area contributed by atoms with Gasteiger partial charge in [0, 0.05) is 17.5 Å². The zero-order chi connectivity index (χ0) is 22.3. The summed E-state index contributed by atoms with van der Waals surface area (Å²) < 4.78 is 6.87. The number of carboxylic acids is 1. The number of nitrogens with zero attached hydrogens (tertiary/aromatic N) is 5. The van der Waals surface area contributed by atoms with E-state index in [1.807, 2.05) is 0 Å². The van der Waals surface area contributed by atoms with Crippen molar-refractivity contribution >= 4 is 45.3 Å². The van der Waals surface area contributed by atoms with Crippen molar-refractivity contribution in [2.24, 2.45) is 5.73 Å². The lowest BCUT2D eigenvalue weighted by Crippen LogP contribution is -2.54. The molecule has 0 spiro atoms. The summed E-state index contributed by atoms with van der Waals surface area (Å²) in [5.74, 6) is -1.91. The Balaban J connectivity index is 1.54. The van der Waals surface area contributed by atoms with Crippen LogP contribution in [0.5, 0.6) is 0 Å². The van der Waals surface area contributed by atoms with Gasteiger partial charge in [-0.3, -0.25) is 9.36 Å². The van der Waals surface area contributed by atoms with Gasteiger partial charge in [0.05, 0.1) is 18.4 Å². The van der Waals surface area contributed by atoms with Crippen molar-refractivity contribution in [3.63, 3.8) is 0 Å². The van der Waals surface area contributed by atoms with E-state index in [1.54, 1.807) is 0 Å². The number of fused-ring (bicyclic) bond motifs is 1. The summed E-state index contributed by atoms with van der Waals surface area (Å²) in [4.78, 5) is 40.9. The van der Waals surface area contributed by atoms with Crippen LogP contribution in [-0.2, 0) is 20.7 Å². The second-order valence-electron chi connectivity index (χ2n) is 6.87. The quantitative estimate of drug-likeness (QED) is 0.236. The van der Waals surface area contributed by atoms with E-state index in [0.29, 0.717) is 10.0 Å². The Kier molecular flexibility index (Phi) is 5.40. The molecule has 1 amide bonds. The van der Waals surface area contributed by atoms with E-state index in [0.717, 1.165) is 0 Å². The summed E-state index contributed by atoms with van der Waals surface area (Å²) in [6.45, 7) is 0. The van der Waals surface area contributed by atoms with Crippen molar-refractivity contribution in [1.82, 2.24) is 29.8 Å². The van der Waals surface area contributed by atoms with Gasteiger partial charge in [-0.1, -0.05) is 0 Å². The van der Waals surface area contributed by atoms with Crippen LogP contribution in [0.2, 0.25) is 0 Å². The van der Waals surface area contributed by atoms with Crippen LogP contribution in [0.3, 0.4) is 0 Å². The average molecular weight is 449 g/mol. The standard InChI is InChI=1S/C16H19N9O5S/c17-6(1-5-2-20-16(19)31-5)13(27)24-7-9(26)14(30-10(7)15(28)29)25-4-23-8-11(18)21-3-22-12(8)25/h2-4,6-7,9-10,14,26H,1,17H2,(H2,19,20)(H,24,27)(H,28,29)(H2,18,21,22)/t6?,7-,9+,10-,14+/m0/s1. The molecular weight excluding hydrogens is 430 g/mol. The molecule has 0 bridgehead atoms. The molecule has 31 heavy (non-hydrogen) atoms. The minimum atomic E-state index is -1.54. The summed E-state index contributed by atoms with van der Waals surface area (Å²) in [6.07, 6.45) is -0.00867. The molecule has 0 saturated carbocycles. The number of nitrogens with two attached hydrogens (primary N) is 3. The molecule has 0 radical (unpaired) electrons. The molecule has 4 heterocycles. The van der Waals surface area contributed by atoms with Gasteiger partial charge in [-0.05, 0) is 0 Å². The van der Waals surface area contributed by atoms with Crippen molar-refractivity contribution in [3.8, 4) is 0 Å². The van der Waals surface area contributed by atoms with Crippen LogP contribution in [0.1, 0.15) is 11.1 Å². The molecule has 1 aliphatic heterocycles. The fourth-order valence-corrected chi connectivity index (χ4v) is 4.07. The first kappa shape index (κ1) is 20.9. The number of hydrogen-bond donors (Lipinski definition) is 6. The number of ether oxygens (including phenoxy) is 1. The van der Waals surface area contributed by atoms with E-state index in [2.05, 4.69) is 25.3 Å². The van der Waals surface area contributed by atoms with Crippen molar-refractivity contribution in [2.75, 3.05) is 11.5 Å². The number of aliphatic carboxylic acids is 1. The van der Waals surface area contributed by atoms with E-state index in [1.165, 1.54) is 34.8 Å². The van der Waals surface area contributed by atoms with Gasteiger partial charge >= 0.3 is 5.97 Å². The number of anilines is 2. The number of thiazole rings is 1. The summed E-state index contributed by atoms with van der Waals surface area (Å²) in [5, 5.41) is 23.2. The van der Waals surface area contributed by atoms with Crippen LogP contribution in [-0.4, -0.2) is 70.9 Å². The fourth-order valence-electron chi connectivity index (χ4n) is 3.33. The van der Waals surface area contributed by atoms with E-state index in [9.17, 15) is 19.8 Å². The molecular formula is C16H19N9O5S. The van der Waals surface area contributed by atoms with Crippen molar-refractivity contribution in [3.05, 3.63) is 23.7 Å². The molecule has 9 N–H and O–H groups in total. The molecule has 15 heteroatoms. The largest absolute Gasteiger partial charge is 0.479 e. The van der Waals surface area contributed by atoms with E-state index < -0.39 is 42.4 Å². The van der Waals surface area contributed by atoms with Crippen molar-refractivity contribution in [2.45, 2.75) is 36.9 Å². The van der Waals surface area contributed by atoms with Crippen LogP contribution >= 0.6 is 11.3 Å². The Morgan fingerprint density at radius 2 is 2.06 bits per heavy atom. The maximum Gasteiger partial charge on any atom is 0.335 e. The molecule has 14 nitrogen and oxygen atoms in total. The first-order chi connectivity index (χ1) is 14.8. The monoisotopic (exact) mass is 449 g/mol. The van der Waals surface area contributed by atoms with Crippen LogP contribution in [0.4, 0.5) is 10.9 Å². The number of amides is 1. The third-order valence-electron chi connectivity index (χ3n) is 4.82. The molecule has 1 aliphatic rings. The van der Waals surface area contributed by atoms with Gasteiger partial charge in [0.25, 0.3) is 0 Å². The molecule has 4 rings (SSSR count). The Bertz CT molecular complexity index is 1130. The van der Waals surface area contributed by atoms with Gasteiger partial charge in [0.15, 0.2) is 28.9 Å². The van der Waals surface area contributed by atoms with Gasteiger partial charge in [0.1, 0.15) is 17.9 Å². The minimum absolute atomic E-state index is 0.116. The smallest absolute Gasteiger partial charge is 0.335 e. The molecule has 5 atom stereocenters. The summed E-state index contributed by atoms with van der Waals surface area (Å²) in [5.41, 5.74) is 17.8. The molecule has 3 aromatic rings. The number of aliphatic hydroxyl groups excluding tert-OH is 1. The molecule has 0 aromatic carbocycles. The van der Waals surface area contributed by atoms with Crippen LogP contribution < -0.4 is 22.5 Å². The Hall–Kier alpha value is -3.40. The Labute approximate surface area is 178 Å². The van der Waals surface area contributed by atoms with Crippen LogP contribution in [0, 0.1) is 0 Å². The zero-order valence-electron chi connectivity index (χ0n) is 15.8. The van der Waals surface area contributed by atoms with E-state index >= 15 is 0 Å². The first-order valence-electron chi connectivity index (χ1n) is 9.01. The zero-order valence-corrected chi connectivity index (χ0v) is 16.6. The van der Waals surface area contributed by atoms with Crippen molar-refractivity contribution in [1.29, 1.82) is 0 Å². The molecule has 1 saturated heterocycles. The average Bonchev–Trinajstić information content (AvgIpc) is 3.41. The lowest BCUT2D eigenvalue weighted by Gasteiger charge is -2.22. The van der Waals surface area contributed by atoms with Gasteiger partial charge in [-0.25, -0.2) is 24.7 Å². The predicted molar refractivity (Wildman–Crippen MR) is 107 cm³/mol. The number of carbonyl (C=O) groups excluding carboxylic acids is 1. The fraction of sp³-hybridized carbons (Fsp3) is 0.375. The number of carbonyl (C=O) groups is 2. The van der Waals surface area contributed by atoms with Crippen LogP contribution in [0.25, 0.3) is 11.2 Å². The number of nitrogen functional groups attached to an aromatic ring is 2. The van der Waals surface area contributed by atoms with E-state index in [-0.39, 0.29) is 23.4 Å². The highest BCUT2D eigenvalue weighted by atomic mass is 32.1. The van der Waals surface area contributed by atoms with Gasteiger partial charge < -0.3 is 37.5 Å². The number of hydrogen-bond acceptors (Lipinski definition) is 12. The highest BCUT2D eigenvalue weighted by Crippen LogP contribution is 2.32. The highest BCUT2D eigenvalue weighted by molar-refractivity contribution is 7.15. The molecule has 3 aromatic heterocycles. The number of aromatic nitrogens is 5. The highest BCUT2D eigenvalue weighted by Gasteiger charge is 2.49. The van der Waals surface area contributed by atoms with Gasteiger partial charge in [0.2, 0.25) is 5.91 Å². The number of imidazole rings is 1. The lowest BCUT2D eigenvalue weighted by molar-refractivity contribution is -0.152. The number of rotatable bonds is 6. The number of nitrogens with one attached hydrogen (secondary N) is 1. The van der Waals surface area contributed by atoms with Gasteiger partial charge in [-0.15, -0.1) is 11.3 Å². The second-order valence-corrected chi connectivity index (χ2v) is 8.02. The van der Waals surface area contributed by atoms with Gasteiger partial charge in [-0.2, -0.15) is 0 Å². The normalized spacial score (nSPS) is 24.3. The minimum Gasteiger partial charge on any atom is -0.479 e. The first-order valence-corrected chi connectivity index (χ1v) is 9.83. The Morgan fingerprint density at radius 3 is 2.74 bits per heavy atom. The third-order valence-corrected chi connectivity index (χ3v) is 5.66. The lowest BCUT2D eigenvalue weighted by atomic mass is 10.1. The molecule has 1 fully saturated rings. The Morgan fingerprint density at radius 1 is 1.29 bits per heavy atom. The summed E-state index contributed by atoms with van der Waals surface area (Å²) in [6, 6.07) is -2.29. The third kappa shape index (κ3) is 3.86.